The molecule has 2 aliphatic heterocycles. The molecule has 0 saturated carbocycles. The highest BCUT2D eigenvalue weighted by atomic mass is 16.2. The molecule has 2 fully saturated rings. The first-order valence-electron chi connectivity index (χ1n) is 10.3. The van der Waals surface area contributed by atoms with Crippen LogP contribution in [0.3, 0.4) is 0 Å². The van der Waals surface area contributed by atoms with Crippen LogP contribution < -0.4 is 10.2 Å². The predicted molar refractivity (Wildman–Crippen MR) is 111 cm³/mol. The first kappa shape index (κ1) is 20.4. The molecule has 2 saturated heterocycles. The lowest BCUT2D eigenvalue weighted by Gasteiger charge is -2.34. The van der Waals surface area contributed by atoms with Crippen LogP contribution in [0.1, 0.15) is 33.6 Å². The Morgan fingerprint density at radius 3 is 2.46 bits per heavy atom. The van der Waals surface area contributed by atoms with Crippen molar-refractivity contribution in [2.45, 2.75) is 33.6 Å². The van der Waals surface area contributed by atoms with E-state index in [9.17, 15) is 4.79 Å². The average Bonchev–Trinajstić information content (AvgIpc) is 3.07. The molecule has 0 unspecified atom stereocenters. The third kappa shape index (κ3) is 5.33. The Morgan fingerprint density at radius 1 is 1.14 bits per heavy atom. The maximum atomic E-state index is 12.6. The van der Waals surface area contributed by atoms with Crippen molar-refractivity contribution in [3.63, 3.8) is 0 Å². The summed E-state index contributed by atoms with van der Waals surface area (Å²) in [4.78, 5) is 32.2. The molecular weight excluding hydrogens is 354 g/mol. The zero-order valence-corrected chi connectivity index (χ0v) is 17.4. The molecule has 3 rings (SSSR count). The summed E-state index contributed by atoms with van der Waals surface area (Å²) in [5.41, 5.74) is 0.328. The first-order valence-corrected chi connectivity index (χ1v) is 10.3. The maximum Gasteiger partial charge on any atom is 0.225 e. The van der Waals surface area contributed by atoms with Gasteiger partial charge in [-0.15, -0.1) is 0 Å². The quantitative estimate of drug-likeness (QED) is 0.605. The number of piperazine rings is 1. The number of aromatic nitrogens is 2. The number of aliphatic imine (C=N–C) groups is 1. The van der Waals surface area contributed by atoms with E-state index in [1.54, 1.807) is 12.4 Å². The summed E-state index contributed by atoms with van der Waals surface area (Å²) in [5.74, 6) is 1.85. The summed E-state index contributed by atoms with van der Waals surface area (Å²) >= 11 is 0. The van der Waals surface area contributed by atoms with Crippen molar-refractivity contribution in [1.29, 1.82) is 0 Å². The third-order valence-electron chi connectivity index (χ3n) is 5.37. The van der Waals surface area contributed by atoms with Crippen molar-refractivity contribution < 1.29 is 4.79 Å². The van der Waals surface area contributed by atoms with Crippen molar-refractivity contribution in [1.82, 2.24) is 25.1 Å². The molecule has 1 N–H and O–H groups in total. The molecule has 1 aromatic rings. The Kier molecular flexibility index (Phi) is 6.70. The van der Waals surface area contributed by atoms with Gasteiger partial charge in [0.05, 0.1) is 6.54 Å². The van der Waals surface area contributed by atoms with Crippen LogP contribution in [0.5, 0.6) is 0 Å². The zero-order chi connectivity index (χ0) is 20.0. The lowest BCUT2D eigenvalue weighted by atomic mass is 9.93. The number of anilines is 1. The Labute approximate surface area is 168 Å². The molecule has 0 aliphatic carbocycles. The summed E-state index contributed by atoms with van der Waals surface area (Å²) in [6.45, 7) is 13.0. The van der Waals surface area contributed by atoms with Crippen molar-refractivity contribution in [3.05, 3.63) is 18.5 Å². The van der Waals surface area contributed by atoms with Gasteiger partial charge in [-0.1, -0.05) is 13.8 Å². The summed E-state index contributed by atoms with van der Waals surface area (Å²) in [7, 11) is 0. The van der Waals surface area contributed by atoms with E-state index in [0.29, 0.717) is 31.5 Å². The summed E-state index contributed by atoms with van der Waals surface area (Å²) < 4.78 is 0. The normalized spacial score (nSPS) is 19.8. The topological polar surface area (TPSA) is 77.0 Å². The molecule has 2 aliphatic rings. The van der Waals surface area contributed by atoms with Crippen LogP contribution in [0, 0.1) is 5.41 Å². The molecule has 0 radical (unpaired) electrons. The number of carbonyl (C=O) groups excluding carboxylic acids is 1. The van der Waals surface area contributed by atoms with E-state index < -0.39 is 0 Å². The van der Waals surface area contributed by atoms with Crippen LogP contribution in [-0.2, 0) is 4.79 Å². The number of carbonyl (C=O) groups is 1. The van der Waals surface area contributed by atoms with Gasteiger partial charge in [-0.2, -0.15) is 0 Å². The summed E-state index contributed by atoms with van der Waals surface area (Å²) in [5, 5.41) is 3.37. The fourth-order valence-corrected chi connectivity index (χ4v) is 3.74. The lowest BCUT2D eigenvalue weighted by Crippen LogP contribution is -2.49. The molecule has 0 atom stereocenters. The number of hydrogen-bond donors (Lipinski definition) is 1. The van der Waals surface area contributed by atoms with Gasteiger partial charge in [-0.05, 0) is 24.8 Å². The highest BCUT2D eigenvalue weighted by Gasteiger charge is 2.31. The minimum atomic E-state index is 0.176. The molecule has 8 nitrogen and oxygen atoms in total. The van der Waals surface area contributed by atoms with Crippen LogP contribution in [0.15, 0.2) is 23.5 Å². The molecule has 8 heteroatoms. The molecule has 154 valence electrons. The van der Waals surface area contributed by atoms with E-state index in [1.165, 1.54) is 6.42 Å². The number of likely N-dealkylation sites (tertiary alicyclic amines) is 1. The van der Waals surface area contributed by atoms with Crippen molar-refractivity contribution in [3.8, 4) is 0 Å². The van der Waals surface area contributed by atoms with Gasteiger partial charge in [0.2, 0.25) is 11.9 Å². The minimum Gasteiger partial charge on any atom is -0.357 e. The maximum absolute atomic E-state index is 12.6. The molecule has 0 aromatic carbocycles. The van der Waals surface area contributed by atoms with Crippen LogP contribution >= 0.6 is 0 Å². The monoisotopic (exact) mass is 387 g/mol. The van der Waals surface area contributed by atoms with E-state index in [1.807, 2.05) is 11.0 Å². The fraction of sp³-hybridized carbons (Fsp3) is 0.700. The number of guanidine groups is 1. The highest BCUT2D eigenvalue weighted by Crippen LogP contribution is 2.28. The van der Waals surface area contributed by atoms with Crippen molar-refractivity contribution in [2.75, 3.05) is 57.3 Å². The standard InChI is InChI=1S/C20H33N7O/c1-4-21-18(27-11-7-20(2,3)16-27)24-10-6-17(28)25-12-14-26(15-13-25)19-22-8-5-9-23-19/h5,8-9H,4,6-7,10-16H2,1-3H3,(H,21,24). The van der Waals surface area contributed by atoms with Crippen molar-refractivity contribution >= 4 is 17.8 Å². The molecule has 1 amide bonds. The van der Waals surface area contributed by atoms with Gasteiger partial charge in [0.15, 0.2) is 5.96 Å². The van der Waals surface area contributed by atoms with Gasteiger partial charge < -0.3 is 20.0 Å². The average molecular weight is 388 g/mol. The van der Waals surface area contributed by atoms with E-state index >= 15 is 0 Å². The second kappa shape index (κ2) is 9.21. The van der Waals surface area contributed by atoms with E-state index in [0.717, 1.165) is 44.6 Å². The van der Waals surface area contributed by atoms with E-state index in [2.05, 4.69) is 45.9 Å². The Balaban J connectivity index is 1.46. The van der Waals surface area contributed by atoms with Crippen LogP contribution in [0.4, 0.5) is 5.95 Å². The Morgan fingerprint density at radius 2 is 1.86 bits per heavy atom. The van der Waals surface area contributed by atoms with Crippen LogP contribution in [-0.4, -0.2) is 84.0 Å². The SMILES string of the molecule is CCNC(=NCCC(=O)N1CCN(c2ncccn2)CC1)N1CCC(C)(C)C1. The number of nitrogens with zero attached hydrogens (tertiary/aromatic N) is 6. The molecule has 1 aromatic heterocycles. The highest BCUT2D eigenvalue weighted by molar-refractivity contribution is 5.81. The smallest absolute Gasteiger partial charge is 0.225 e. The fourth-order valence-electron chi connectivity index (χ4n) is 3.74. The molecule has 3 heterocycles. The second-order valence-electron chi connectivity index (χ2n) is 8.24. The third-order valence-corrected chi connectivity index (χ3v) is 5.37. The zero-order valence-electron chi connectivity index (χ0n) is 17.4. The minimum absolute atomic E-state index is 0.176. The molecule has 0 bridgehead atoms. The Hall–Kier alpha value is -2.38. The summed E-state index contributed by atoms with van der Waals surface area (Å²) in [6, 6.07) is 1.81. The second-order valence-corrected chi connectivity index (χ2v) is 8.24. The van der Waals surface area contributed by atoms with Gasteiger partial charge in [0.1, 0.15) is 0 Å². The van der Waals surface area contributed by atoms with Crippen LogP contribution in [0.25, 0.3) is 0 Å². The van der Waals surface area contributed by atoms with E-state index in [-0.39, 0.29) is 5.91 Å². The predicted octanol–water partition coefficient (Wildman–Crippen LogP) is 1.21. The summed E-state index contributed by atoms with van der Waals surface area (Å²) in [6.07, 6.45) is 5.13. The molecular formula is C20H33N7O. The number of hydrogen-bond acceptors (Lipinski definition) is 5. The molecule has 0 spiro atoms. The molecule has 28 heavy (non-hydrogen) atoms. The van der Waals surface area contributed by atoms with Gasteiger partial charge >= 0.3 is 0 Å². The number of amides is 1. The van der Waals surface area contributed by atoms with Gasteiger partial charge in [0.25, 0.3) is 0 Å². The Bertz CT molecular complexity index is 668. The van der Waals surface area contributed by atoms with Gasteiger partial charge in [-0.3, -0.25) is 9.79 Å². The van der Waals surface area contributed by atoms with Gasteiger partial charge in [0, 0.05) is 64.6 Å². The largest absolute Gasteiger partial charge is 0.357 e. The first-order chi connectivity index (χ1) is 13.5. The number of nitrogens with one attached hydrogen (secondary N) is 1. The van der Waals surface area contributed by atoms with Gasteiger partial charge in [-0.25, -0.2) is 9.97 Å². The lowest BCUT2D eigenvalue weighted by molar-refractivity contribution is -0.131. The number of rotatable bonds is 5. The van der Waals surface area contributed by atoms with Crippen LogP contribution in [0.2, 0.25) is 0 Å². The van der Waals surface area contributed by atoms with E-state index in [4.69, 9.17) is 4.99 Å². The van der Waals surface area contributed by atoms with Crippen molar-refractivity contribution in [2.24, 2.45) is 10.4 Å².